The van der Waals surface area contributed by atoms with Crippen molar-refractivity contribution < 1.29 is 28.4 Å². The molecule has 9 heteroatoms. The van der Waals surface area contributed by atoms with E-state index in [9.17, 15) is 19.4 Å². The van der Waals surface area contributed by atoms with Gasteiger partial charge in [-0.2, -0.15) is 0 Å². The quantitative estimate of drug-likeness (QED) is 0.0357. The number of unbranched alkanes of at least 4 members (excludes halogenated alkanes) is 19. The molecule has 0 aromatic rings. The molecule has 0 aliphatic heterocycles. The van der Waals surface area contributed by atoms with Gasteiger partial charge < -0.3 is 21.1 Å². The summed E-state index contributed by atoms with van der Waals surface area (Å²) < 4.78 is 21.9. The van der Waals surface area contributed by atoms with Crippen LogP contribution in [-0.4, -0.2) is 47.8 Å². The van der Waals surface area contributed by atoms with Crippen LogP contribution in [0.5, 0.6) is 0 Å². The SMILES string of the molecule is CCCCCCCCC/C=C/C(O)C(COP(=O)(O)OCCN)NC(=O)CCCCCCCCCCCCCCC. The molecule has 0 bridgehead atoms. The topological polar surface area (TPSA) is 131 Å². The predicted molar refractivity (Wildman–Crippen MR) is 171 cm³/mol. The molecule has 0 fully saturated rings. The Labute approximate surface area is 252 Å². The molecule has 244 valence electrons. The highest BCUT2D eigenvalue weighted by molar-refractivity contribution is 7.47. The van der Waals surface area contributed by atoms with Crippen LogP contribution in [0.2, 0.25) is 0 Å². The van der Waals surface area contributed by atoms with Gasteiger partial charge in [-0.3, -0.25) is 13.8 Å². The second-order valence-electron chi connectivity index (χ2n) is 11.4. The molecule has 0 saturated heterocycles. The number of rotatable bonds is 31. The lowest BCUT2D eigenvalue weighted by Crippen LogP contribution is -2.45. The summed E-state index contributed by atoms with van der Waals surface area (Å²) in [5, 5.41) is 13.5. The largest absolute Gasteiger partial charge is 0.472 e. The molecule has 3 unspecified atom stereocenters. The molecule has 3 atom stereocenters. The fourth-order valence-electron chi connectivity index (χ4n) is 4.78. The van der Waals surface area contributed by atoms with Gasteiger partial charge in [0, 0.05) is 13.0 Å². The number of nitrogens with one attached hydrogen (secondary N) is 1. The number of allylic oxidation sites excluding steroid dienone is 1. The molecule has 0 aliphatic carbocycles. The van der Waals surface area contributed by atoms with Crippen LogP contribution < -0.4 is 11.1 Å². The maximum atomic E-state index is 12.6. The lowest BCUT2D eigenvalue weighted by molar-refractivity contribution is -0.123. The van der Waals surface area contributed by atoms with E-state index in [2.05, 4.69) is 19.2 Å². The molecule has 0 saturated carbocycles. The molecule has 0 aliphatic rings. The number of nitrogens with two attached hydrogens (primary N) is 1. The molecule has 1 amide bonds. The van der Waals surface area contributed by atoms with Crippen molar-refractivity contribution >= 4 is 13.7 Å². The third kappa shape index (κ3) is 27.8. The normalized spacial score (nSPS) is 14.8. The van der Waals surface area contributed by atoms with E-state index < -0.39 is 20.0 Å². The van der Waals surface area contributed by atoms with Crippen LogP contribution >= 0.6 is 7.82 Å². The Hall–Kier alpha value is -0.760. The average molecular weight is 605 g/mol. The standard InChI is InChI=1S/C32H65N2O6P/c1-3-5-7-9-11-13-14-15-16-18-20-22-24-26-32(36)34-30(29-40-41(37,38)39-28-27-33)31(35)25-23-21-19-17-12-10-8-6-4-2/h23,25,30-31,35H,3-22,24,26-29,33H2,1-2H3,(H,34,36)(H,37,38)/b25-23+. The van der Waals surface area contributed by atoms with Crippen molar-refractivity contribution in [1.29, 1.82) is 0 Å². The van der Waals surface area contributed by atoms with Crippen molar-refractivity contribution in [2.24, 2.45) is 5.73 Å². The van der Waals surface area contributed by atoms with E-state index in [4.69, 9.17) is 14.8 Å². The number of phosphoric acid groups is 1. The number of hydrogen-bond acceptors (Lipinski definition) is 6. The summed E-state index contributed by atoms with van der Waals surface area (Å²) >= 11 is 0. The molecule has 0 heterocycles. The molecule has 0 spiro atoms. The highest BCUT2D eigenvalue weighted by Gasteiger charge is 2.26. The summed E-state index contributed by atoms with van der Waals surface area (Å²) in [6, 6.07) is -0.850. The lowest BCUT2D eigenvalue weighted by atomic mass is 10.0. The average Bonchev–Trinajstić information content (AvgIpc) is 2.95. The summed E-state index contributed by atoms with van der Waals surface area (Å²) in [5.41, 5.74) is 5.33. The first-order valence-corrected chi connectivity index (χ1v) is 18.3. The van der Waals surface area contributed by atoms with Gasteiger partial charge in [-0.25, -0.2) is 4.57 Å². The monoisotopic (exact) mass is 604 g/mol. The van der Waals surface area contributed by atoms with E-state index in [0.29, 0.717) is 6.42 Å². The molecular weight excluding hydrogens is 539 g/mol. The number of hydrogen-bond donors (Lipinski definition) is 4. The fourth-order valence-corrected chi connectivity index (χ4v) is 5.54. The van der Waals surface area contributed by atoms with E-state index in [1.54, 1.807) is 6.08 Å². The molecule has 0 aromatic carbocycles. The van der Waals surface area contributed by atoms with Crippen molar-refractivity contribution in [2.45, 2.75) is 167 Å². The lowest BCUT2D eigenvalue weighted by Gasteiger charge is -2.23. The number of aliphatic hydroxyl groups is 1. The first-order chi connectivity index (χ1) is 19.9. The minimum Gasteiger partial charge on any atom is -0.387 e. The van der Waals surface area contributed by atoms with E-state index >= 15 is 0 Å². The summed E-state index contributed by atoms with van der Waals surface area (Å²) in [6.45, 7) is 4.08. The second kappa shape index (κ2) is 29.3. The van der Waals surface area contributed by atoms with E-state index in [1.165, 1.54) is 96.3 Å². The zero-order valence-corrected chi connectivity index (χ0v) is 27.4. The van der Waals surface area contributed by atoms with Gasteiger partial charge in [0.25, 0.3) is 0 Å². The second-order valence-corrected chi connectivity index (χ2v) is 12.8. The molecule has 0 rings (SSSR count). The van der Waals surface area contributed by atoms with Crippen molar-refractivity contribution in [2.75, 3.05) is 19.8 Å². The summed E-state index contributed by atoms with van der Waals surface area (Å²) in [7, 11) is -4.32. The van der Waals surface area contributed by atoms with Crippen molar-refractivity contribution in [1.82, 2.24) is 5.32 Å². The van der Waals surface area contributed by atoms with Gasteiger partial charge in [0.05, 0.1) is 25.4 Å². The zero-order chi connectivity index (χ0) is 30.4. The van der Waals surface area contributed by atoms with Crippen LogP contribution in [-0.2, 0) is 18.4 Å². The first-order valence-electron chi connectivity index (χ1n) is 16.8. The number of amides is 1. The van der Waals surface area contributed by atoms with Crippen LogP contribution in [0, 0.1) is 0 Å². The van der Waals surface area contributed by atoms with Crippen molar-refractivity contribution in [3.8, 4) is 0 Å². The first kappa shape index (κ1) is 40.2. The van der Waals surface area contributed by atoms with E-state index in [-0.39, 0.29) is 25.7 Å². The molecule has 41 heavy (non-hydrogen) atoms. The van der Waals surface area contributed by atoms with Crippen LogP contribution in [0.3, 0.4) is 0 Å². The van der Waals surface area contributed by atoms with Crippen LogP contribution in [0.4, 0.5) is 0 Å². The Kier molecular flexibility index (Phi) is 28.8. The van der Waals surface area contributed by atoms with E-state index in [1.807, 2.05) is 6.08 Å². The summed E-state index contributed by atoms with van der Waals surface area (Å²) in [4.78, 5) is 22.4. The Bertz CT molecular complexity index is 664. The van der Waals surface area contributed by atoms with Crippen LogP contribution in [0.25, 0.3) is 0 Å². The molecule has 0 radical (unpaired) electrons. The molecular formula is C32H65N2O6P. The Morgan fingerprint density at radius 2 is 1.24 bits per heavy atom. The van der Waals surface area contributed by atoms with Crippen LogP contribution in [0.1, 0.15) is 155 Å². The maximum Gasteiger partial charge on any atom is 0.472 e. The smallest absolute Gasteiger partial charge is 0.387 e. The minimum absolute atomic E-state index is 0.0805. The summed E-state index contributed by atoms with van der Waals surface area (Å²) in [6.07, 6.45) is 28.3. The van der Waals surface area contributed by atoms with Crippen LogP contribution in [0.15, 0.2) is 12.2 Å². The van der Waals surface area contributed by atoms with Crippen molar-refractivity contribution in [3.05, 3.63) is 12.2 Å². The van der Waals surface area contributed by atoms with E-state index in [0.717, 1.165) is 38.5 Å². The third-order valence-electron chi connectivity index (χ3n) is 7.36. The number of aliphatic hydroxyl groups excluding tert-OH is 1. The third-order valence-corrected chi connectivity index (χ3v) is 8.35. The zero-order valence-electron chi connectivity index (χ0n) is 26.5. The number of phosphoric ester groups is 1. The Morgan fingerprint density at radius 3 is 1.73 bits per heavy atom. The van der Waals surface area contributed by atoms with Gasteiger partial charge in [0.15, 0.2) is 0 Å². The maximum absolute atomic E-state index is 12.6. The molecule has 0 aromatic heterocycles. The summed E-state index contributed by atoms with van der Waals surface area (Å²) in [5.74, 6) is -0.197. The number of carbonyl (C=O) groups excluding carboxylic acids is 1. The van der Waals surface area contributed by atoms with Gasteiger partial charge in [0.1, 0.15) is 0 Å². The predicted octanol–water partition coefficient (Wildman–Crippen LogP) is 8.10. The fraction of sp³-hybridized carbons (Fsp3) is 0.906. The highest BCUT2D eigenvalue weighted by Crippen LogP contribution is 2.43. The van der Waals surface area contributed by atoms with Crippen molar-refractivity contribution in [3.63, 3.8) is 0 Å². The Balaban J connectivity index is 4.35. The van der Waals surface area contributed by atoms with Gasteiger partial charge >= 0.3 is 7.82 Å². The minimum atomic E-state index is -4.32. The molecule has 5 N–H and O–H groups in total. The van der Waals surface area contributed by atoms with Gasteiger partial charge in [0.2, 0.25) is 5.91 Å². The number of carbonyl (C=O) groups is 1. The Morgan fingerprint density at radius 1 is 0.780 bits per heavy atom. The van der Waals surface area contributed by atoms with Gasteiger partial charge in [-0.05, 0) is 19.3 Å². The molecule has 8 nitrogen and oxygen atoms in total. The van der Waals surface area contributed by atoms with Gasteiger partial charge in [-0.15, -0.1) is 0 Å². The van der Waals surface area contributed by atoms with Gasteiger partial charge in [-0.1, -0.05) is 142 Å². The highest BCUT2D eigenvalue weighted by atomic mass is 31.2.